The van der Waals surface area contributed by atoms with Gasteiger partial charge in [-0.2, -0.15) is 0 Å². The third-order valence-electron chi connectivity index (χ3n) is 4.66. The fourth-order valence-corrected chi connectivity index (χ4v) is 4.88. The molecule has 1 heterocycles. The Morgan fingerprint density at radius 2 is 1.68 bits per heavy atom. The van der Waals surface area contributed by atoms with Gasteiger partial charge in [-0.1, -0.05) is 24.3 Å². The highest BCUT2D eigenvalue weighted by Gasteiger charge is 2.27. The molecule has 3 aromatic rings. The lowest BCUT2D eigenvalue weighted by Gasteiger charge is -2.24. The predicted molar refractivity (Wildman–Crippen MR) is 125 cm³/mol. The first-order valence-electron chi connectivity index (χ1n) is 9.42. The number of ether oxygens (including phenoxy) is 2. The van der Waals surface area contributed by atoms with Gasteiger partial charge in [0.25, 0.3) is 10.0 Å². The molecule has 0 radical (unpaired) electrons. The molecular weight excluding hydrogens is 531 g/mol. The summed E-state index contributed by atoms with van der Waals surface area (Å²) in [7, 11) is -3.92. The van der Waals surface area contributed by atoms with Gasteiger partial charge in [-0.05, 0) is 76.7 Å². The van der Waals surface area contributed by atoms with Crippen LogP contribution in [0.1, 0.15) is 5.56 Å². The number of halogens is 1. The second-order valence-electron chi connectivity index (χ2n) is 6.77. The molecule has 1 aliphatic rings. The highest BCUT2D eigenvalue weighted by molar-refractivity contribution is 14.1. The van der Waals surface area contributed by atoms with E-state index in [2.05, 4.69) is 27.9 Å². The van der Waals surface area contributed by atoms with Crippen LogP contribution in [-0.4, -0.2) is 27.7 Å². The first-order valence-corrected chi connectivity index (χ1v) is 11.9. The minimum Gasteiger partial charge on any atom is -0.454 e. The monoisotopic (exact) mass is 550 g/mol. The molecular formula is C22H19IN2O5S. The van der Waals surface area contributed by atoms with E-state index in [4.69, 9.17) is 9.47 Å². The van der Waals surface area contributed by atoms with Crippen molar-refractivity contribution >= 4 is 44.2 Å². The summed E-state index contributed by atoms with van der Waals surface area (Å²) in [6.07, 6.45) is 0. The van der Waals surface area contributed by atoms with E-state index in [1.54, 1.807) is 54.6 Å². The molecule has 0 saturated heterocycles. The summed E-state index contributed by atoms with van der Waals surface area (Å²) in [6.45, 7) is 0.0667. The van der Waals surface area contributed by atoms with Crippen LogP contribution in [0.25, 0.3) is 0 Å². The van der Waals surface area contributed by atoms with Crippen molar-refractivity contribution in [1.29, 1.82) is 0 Å². The molecule has 0 fully saturated rings. The fourth-order valence-electron chi connectivity index (χ4n) is 3.08. The van der Waals surface area contributed by atoms with E-state index in [0.29, 0.717) is 17.2 Å². The van der Waals surface area contributed by atoms with Crippen LogP contribution in [0.4, 0.5) is 5.69 Å². The molecule has 1 amide bonds. The Kier molecular flexibility index (Phi) is 6.33. The number of nitrogens with one attached hydrogen (secondary N) is 1. The maximum absolute atomic E-state index is 13.3. The van der Waals surface area contributed by atoms with Crippen LogP contribution in [0.15, 0.2) is 77.7 Å². The number of carbonyl (C=O) groups excluding carboxylic acids is 1. The maximum atomic E-state index is 13.3. The van der Waals surface area contributed by atoms with E-state index < -0.39 is 15.9 Å². The van der Waals surface area contributed by atoms with E-state index in [0.717, 1.165) is 13.4 Å². The fraction of sp³-hybridized carbons (Fsp3) is 0.136. The van der Waals surface area contributed by atoms with Crippen LogP contribution >= 0.6 is 22.6 Å². The summed E-state index contributed by atoms with van der Waals surface area (Å²) < 4.78 is 39.3. The van der Waals surface area contributed by atoms with Crippen LogP contribution < -0.4 is 19.1 Å². The van der Waals surface area contributed by atoms with Crippen LogP contribution in [0, 0.1) is 3.57 Å². The summed E-state index contributed by atoms with van der Waals surface area (Å²) in [5.41, 5.74) is 1.24. The minimum absolute atomic E-state index is 0.122. The van der Waals surface area contributed by atoms with Gasteiger partial charge in [-0.15, -0.1) is 0 Å². The minimum atomic E-state index is -3.92. The molecule has 0 bridgehead atoms. The van der Waals surface area contributed by atoms with Gasteiger partial charge in [-0.25, -0.2) is 8.42 Å². The SMILES string of the molecule is O=C(CN(c1ccc(I)cc1)S(=O)(=O)c1ccccc1)NCc1ccc2c(c1)OCO2. The van der Waals surface area contributed by atoms with E-state index in [-0.39, 0.29) is 24.8 Å². The van der Waals surface area contributed by atoms with Crippen molar-refractivity contribution < 1.29 is 22.7 Å². The first kappa shape index (κ1) is 21.4. The number of nitrogens with zero attached hydrogens (tertiary/aromatic N) is 1. The maximum Gasteiger partial charge on any atom is 0.264 e. The van der Waals surface area contributed by atoms with Crippen molar-refractivity contribution in [3.8, 4) is 11.5 Å². The standard InChI is InChI=1S/C22H19IN2O5S/c23-17-7-9-18(10-8-17)25(31(27,28)19-4-2-1-3-5-19)14-22(26)24-13-16-6-11-20-21(12-16)30-15-29-20/h1-12H,13-15H2,(H,24,26). The van der Waals surface area contributed by atoms with Gasteiger partial charge in [0.15, 0.2) is 11.5 Å². The highest BCUT2D eigenvalue weighted by atomic mass is 127. The van der Waals surface area contributed by atoms with Crippen molar-refractivity contribution in [3.05, 3.63) is 81.9 Å². The topological polar surface area (TPSA) is 84.9 Å². The lowest BCUT2D eigenvalue weighted by Crippen LogP contribution is -2.40. The average molecular weight is 550 g/mol. The van der Waals surface area contributed by atoms with E-state index in [1.807, 2.05) is 6.07 Å². The molecule has 3 aromatic carbocycles. The normalized spacial score (nSPS) is 12.4. The number of carbonyl (C=O) groups is 1. The number of rotatable bonds is 7. The molecule has 31 heavy (non-hydrogen) atoms. The number of hydrogen-bond acceptors (Lipinski definition) is 5. The number of sulfonamides is 1. The third kappa shape index (κ3) is 4.93. The Hall–Kier alpha value is -2.79. The molecule has 7 nitrogen and oxygen atoms in total. The van der Waals surface area contributed by atoms with Crippen molar-refractivity contribution in [3.63, 3.8) is 0 Å². The average Bonchev–Trinajstić information content (AvgIpc) is 3.25. The largest absolute Gasteiger partial charge is 0.454 e. The molecule has 1 aliphatic heterocycles. The Labute approximate surface area is 194 Å². The van der Waals surface area contributed by atoms with Crippen LogP contribution in [0.3, 0.4) is 0 Å². The predicted octanol–water partition coefficient (Wildman–Crippen LogP) is 3.53. The van der Waals surface area contributed by atoms with Gasteiger partial charge in [0.1, 0.15) is 6.54 Å². The highest BCUT2D eigenvalue weighted by Crippen LogP contribution is 2.32. The molecule has 0 saturated carbocycles. The summed E-state index contributed by atoms with van der Waals surface area (Å²) in [6, 6.07) is 20.4. The van der Waals surface area contributed by atoms with E-state index in [1.165, 1.54) is 12.1 Å². The molecule has 4 rings (SSSR count). The van der Waals surface area contributed by atoms with Crippen molar-refractivity contribution in [1.82, 2.24) is 5.32 Å². The molecule has 0 spiro atoms. The Bertz CT molecular complexity index is 1180. The van der Waals surface area contributed by atoms with Gasteiger partial charge in [-0.3, -0.25) is 9.10 Å². The number of anilines is 1. The zero-order valence-electron chi connectivity index (χ0n) is 16.3. The smallest absolute Gasteiger partial charge is 0.264 e. The summed E-state index contributed by atoms with van der Waals surface area (Å²) in [5, 5.41) is 2.78. The molecule has 0 aliphatic carbocycles. The van der Waals surface area contributed by atoms with Gasteiger partial charge in [0.05, 0.1) is 10.6 Å². The van der Waals surface area contributed by atoms with Gasteiger partial charge >= 0.3 is 0 Å². The third-order valence-corrected chi connectivity index (χ3v) is 7.17. The second-order valence-corrected chi connectivity index (χ2v) is 9.87. The molecule has 0 unspecified atom stereocenters. The Balaban J connectivity index is 1.53. The number of hydrogen-bond donors (Lipinski definition) is 1. The van der Waals surface area contributed by atoms with Crippen LogP contribution in [0.5, 0.6) is 11.5 Å². The van der Waals surface area contributed by atoms with Gasteiger partial charge in [0.2, 0.25) is 12.7 Å². The molecule has 160 valence electrons. The Morgan fingerprint density at radius 3 is 2.42 bits per heavy atom. The van der Waals surface area contributed by atoms with Crippen molar-refractivity contribution in [2.75, 3.05) is 17.6 Å². The van der Waals surface area contributed by atoms with E-state index in [9.17, 15) is 13.2 Å². The quantitative estimate of drug-likeness (QED) is 0.456. The summed E-state index contributed by atoms with van der Waals surface area (Å²) in [5.74, 6) is 0.864. The first-order chi connectivity index (χ1) is 14.9. The molecule has 0 atom stereocenters. The summed E-state index contributed by atoms with van der Waals surface area (Å²) in [4.78, 5) is 12.8. The van der Waals surface area contributed by atoms with Gasteiger partial charge < -0.3 is 14.8 Å². The molecule has 9 heteroatoms. The number of amides is 1. The lowest BCUT2D eigenvalue weighted by atomic mass is 10.2. The zero-order valence-corrected chi connectivity index (χ0v) is 19.3. The number of benzene rings is 3. The lowest BCUT2D eigenvalue weighted by molar-refractivity contribution is -0.119. The molecule has 1 N–H and O–H groups in total. The van der Waals surface area contributed by atoms with Gasteiger partial charge in [0, 0.05) is 10.1 Å². The second kappa shape index (κ2) is 9.15. The zero-order chi connectivity index (χ0) is 21.8. The van der Waals surface area contributed by atoms with Crippen LogP contribution in [0.2, 0.25) is 0 Å². The molecule has 0 aromatic heterocycles. The van der Waals surface area contributed by atoms with Crippen molar-refractivity contribution in [2.24, 2.45) is 0 Å². The van der Waals surface area contributed by atoms with E-state index >= 15 is 0 Å². The summed E-state index contributed by atoms with van der Waals surface area (Å²) >= 11 is 2.14. The van der Waals surface area contributed by atoms with Crippen LogP contribution in [-0.2, 0) is 21.4 Å². The Morgan fingerprint density at radius 1 is 0.968 bits per heavy atom. The number of fused-ring (bicyclic) bond motifs is 1. The van der Waals surface area contributed by atoms with Crippen molar-refractivity contribution in [2.45, 2.75) is 11.4 Å².